The van der Waals surface area contributed by atoms with Gasteiger partial charge in [-0.05, 0) is 61.4 Å². The summed E-state index contributed by atoms with van der Waals surface area (Å²) in [5.74, 6) is 4.89. The monoisotopic (exact) mass is 536 g/mol. The molecule has 2 heterocycles. The van der Waals surface area contributed by atoms with Gasteiger partial charge in [0, 0.05) is 35.9 Å². The molecule has 1 aliphatic heterocycles. The van der Waals surface area contributed by atoms with E-state index in [1.165, 1.54) is 6.07 Å². The van der Waals surface area contributed by atoms with Crippen LogP contribution in [0.5, 0.6) is 0 Å². The van der Waals surface area contributed by atoms with E-state index in [0.29, 0.717) is 28.3 Å². The van der Waals surface area contributed by atoms with Gasteiger partial charge in [-0.15, -0.1) is 0 Å². The van der Waals surface area contributed by atoms with Gasteiger partial charge < -0.3 is 10.6 Å². The van der Waals surface area contributed by atoms with Crippen molar-refractivity contribution in [2.45, 2.75) is 37.6 Å². The summed E-state index contributed by atoms with van der Waals surface area (Å²) in [6.07, 6.45) is 3.32. The molecule has 8 nitrogen and oxygen atoms in total. The Morgan fingerprint density at radius 2 is 1.86 bits per heavy atom. The predicted molar refractivity (Wildman–Crippen MR) is 143 cm³/mol. The highest BCUT2D eigenvalue weighted by molar-refractivity contribution is 7.93. The van der Waals surface area contributed by atoms with Crippen molar-refractivity contribution >= 4 is 44.8 Å². The van der Waals surface area contributed by atoms with Gasteiger partial charge in [-0.25, -0.2) is 8.42 Å². The number of fused-ring (bicyclic) bond motifs is 1. The molecular weight excluding hydrogens is 512 g/mol. The zero-order valence-corrected chi connectivity index (χ0v) is 21.9. The standard InChI is InChI=1S/C27H25ClN4O4S/c1-18-16-25(19(2)15-21(18)28)37(35,36)32-23-9-4-3-8-22(23)31-27(34)24(32)17-26(33)30-12-6-5-7-20-10-13-29-14-11-20/h3-4,8-11,13-16,24H,6,12,17H2,1-2H3,(H,30,33)(H,31,34). The molecule has 2 aromatic carbocycles. The average molecular weight is 537 g/mol. The highest BCUT2D eigenvalue weighted by atomic mass is 35.5. The van der Waals surface area contributed by atoms with Gasteiger partial charge in [0.25, 0.3) is 10.0 Å². The molecule has 4 rings (SSSR count). The van der Waals surface area contributed by atoms with Crippen molar-refractivity contribution in [2.24, 2.45) is 0 Å². The van der Waals surface area contributed by atoms with Crippen LogP contribution in [0, 0.1) is 25.7 Å². The van der Waals surface area contributed by atoms with E-state index < -0.39 is 27.9 Å². The van der Waals surface area contributed by atoms with Crippen molar-refractivity contribution in [3.63, 3.8) is 0 Å². The van der Waals surface area contributed by atoms with Crippen LogP contribution in [0.4, 0.5) is 11.4 Å². The molecule has 1 atom stereocenters. The summed E-state index contributed by atoms with van der Waals surface area (Å²) >= 11 is 6.19. The summed E-state index contributed by atoms with van der Waals surface area (Å²) < 4.78 is 28.9. The van der Waals surface area contributed by atoms with Gasteiger partial charge >= 0.3 is 0 Å². The molecule has 0 bridgehead atoms. The summed E-state index contributed by atoms with van der Waals surface area (Å²) in [7, 11) is -4.23. The maximum atomic E-state index is 14.0. The van der Waals surface area contributed by atoms with E-state index in [1.54, 1.807) is 68.7 Å². The molecule has 0 aliphatic carbocycles. The molecule has 190 valence electrons. The number of anilines is 2. The third-order valence-corrected chi connectivity index (χ3v) is 8.21. The van der Waals surface area contributed by atoms with Gasteiger partial charge in [-0.1, -0.05) is 35.6 Å². The van der Waals surface area contributed by atoms with Crippen molar-refractivity contribution in [3.8, 4) is 11.8 Å². The minimum atomic E-state index is -4.23. The Morgan fingerprint density at radius 3 is 2.62 bits per heavy atom. The summed E-state index contributed by atoms with van der Waals surface area (Å²) in [4.78, 5) is 29.8. The second-order valence-corrected chi connectivity index (χ2v) is 10.7. The van der Waals surface area contributed by atoms with Gasteiger partial charge in [0.1, 0.15) is 6.04 Å². The van der Waals surface area contributed by atoms with Gasteiger partial charge in [0.15, 0.2) is 0 Å². The number of amides is 2. The van der Waals surface area contributed by atoms with Crippen LogP contribution in [-0.4, -0.2) is 37.8 Å². The average Bonchev–Trinajstić information content (AvgIpc) is 2.86. The molecule has 0 radical (unpaired) electrons. The zero-order chi connectivity index (χ0) is 26.6. The van der Waals surface area contributed by atoms with Crippen molar-refractivity contribution in [1.82, 2.24) is 10.3 Å². The lowest BCUT2D eigenvalue weighted by atomic mass is 10.1. The lowest BCUT2D eigenvalue weighted by Crippen LogP contribution is -2.52. The van der Waals surface area contributed by atoms with Crippen molar-refractivity contribution in [3.05, 3.63) is 82.6 Å². The Hall–Kier alpha value is -3.87. The first kappa shape index (κ1) is 26.2. The van der Waals surface area contributed by atoms with Crippen LogP contribution >= 0.6 is 11.6 Å². The van der Waals surface area contributed by atoms with E-state index >= 15 is 0 Å². The third kappa shape index (κ3) is 5.77. The van der Waals surface area contributed by atoms with Gasteiger partial charge in [0.2, 0.25) is 11.8 Å². The quantitative estimate of drug-likeness (QED) is 0.368. The number of nitrogens with zero attached hydrogens (tertiary/aromatic N) is 2. The molecule has 3 aromatic rings. The number of benzene rings is 2. The number of hydrogen-bond donors (Lipinski definition) is 2. The molecule has 1 aliphatic rings. The summed E-state index contributed by atoms with van der Waals surface area (Å²) in [5.41, 5.74) is 2.47. The van der Waals surface area contributed by atoms with E-state index in [1.807, 2.05) is 0 Å². The number of halogens is 1. The fourth-order valence-electron chi connectivity index (χ4n) is 3.98. The molecule has 0 saturated carbocycles. The van der Waals surface area contributed by atoms with Crippen LogP contribution in [-0.2, 0) is 19.6 Å². The number of rotatable bonds is 6. The summed E-state index contributed by atoms with van der Waals surface area (Å²) in [6.45, 7) is 3.60. The van der Waals surface area contributed by atoms with E-state index in [4.69, 9.17) is 11.6 Å². The molecule has 1 unspecified atom stereocenters. The molecule has 0 spiro atoms. The highest BCUT2D eigenvalue weighted by Crippen LogP contribution is 2.38. The maximum Gasteiger partial charge on any atom is 0.265 e. The molecule has 1 aromatic heterocycles. The van der Waals surface area contributed by atoms with Gasteiger partial charge in [-0.2, -0.15) is 0 Å². The Morgan fingerprint density at radius 1 is 1.14 bits per heavy atom. The van der Waals surface area contributed by atoms with E-state index in [9.17, 15) is 18.0 Å². The molecule has 37 heavy (non-hydrogen) atoms. The Kier molecular flexibility index (Phi) is 7.81. The van der Waals surface area contributed by atoms with Crippen molar-refractivity contribution < 1.29 is 18.0 Å². The topological polar surface area (TPSA) is 108 Å². The minimum absolute atomic E-state index is 0.0238. The first-order chi connectivity index (χ1) is 17.7. The largest absolute Gasteiger partial charge is 0.355 e. The lowest BCUT2D eigenvalue weighted by Gasteiger charge is -2.37. The van der Waals surface area contributed by atoms with Crippen LogP contribution in [0.25, 0.3) is 0 Å². The molecule has 2 amide bonds. The molecular formula is C27H25ClN4O4S. The Balaban J connectivity index is 1.57. The Bertz CT molecular complexity index is 1510. The van der Waals surface area contributed by atoms with Gasteiger partial charge in [-0.3, -0.25) is 18.9 Å². The zero-order valence-electron chi connectivity index (χ0n) is 20.3. The fourth-order valence-corrected chi connectivity index (χ4v) is 6.13. The second kappa shape index (κ2) is 11.0. The Labute approximate surface area is 221 Å². The number of pyridine rings is 1. The number of sulfonamides is 1. The van der Waals surface area contributed by atoms with E-state index in [2.05, 4.69) is 27.5 Å². The third-order valence-electron chi connectivity index (χ3n) is 5.84. The van der Waals surface area contributed by atoms with Crippen LogP contribution in [0.1, 0.15) is 29.5 Å². The van der Waals surface area contributed by atoms with Crippen molar-refractivity contribution in [2.75, 3.05) is 16.2 Å². The smallest absolute Gasteiger partial charge is 0.265 e. The van der Waals surface area contributed by atoms with Crippen LogP contribution in [0.3, 0.4) is 0 Å². The minimum Gasteiger partial charge on any atom is -0.355 e. The summed E-state index contributed by atoms with van der Waals surface area (Å²) in [5, 5.41) is 5.89. The number of aryl methyl sites for hydroxylation is 2. The number of aromatic nitrogens is 1. The van der Waals surface area contributed by atoms with Crippen LogP contribution in [0.2, 0.25) is 5.02 Å². The number of hydrogen-bond acceptors (Lipinski definition) is 5. The number of carbonyl (C=O) groups excluding carboxylic acids is 2. The molecule has 2 N–H and O–H groups in total. The summed E-state index contributed by atoms with van der Waals surface area (Å²) in [6, 6.07) is 11.9. The maximum absolute atomic E-state index is 14.0. The van der Waals surface area contributed by atoms with E-state index in [0.717, 1.165) is 9.87 Å². The lowest BCUT2D eigenvalue weighted by molar-refractivity contribution is -0.125. The first-order valence-corrected chi connectivity index (χ1v) is 13.4. The first-order valence-electron chi connectivity index (χ1n) is 11.5. The normalized spacial score (nSPS) is 14.7. The van der Waals surface area contributed by atoms with Crippen molar-refractivity contribution in [1.29, 1.82) is 0 Å². The number of nitrogens with one attached hydrogen (secondary N) is 2. The van der Waals surface area contributed by atoms with Crippen LogP contribution < -0.4 is 14.9 Å². The SMILES string of the molecule is Cc1cc(S(=O)(=O)N2c3ccccc3NC(=O)C2CC(=O)NCCC#Cc2ccncc2)c(C)cc1Cl. The molecule has 0 saturated heterocycles. The molecule has 0 fully saturated rings. The van der Waals surface area contributed by atoms with Crippen LogP contribution in [0.15, 0.2) is 65.8 Å². The number of carbonyl (C=O) groups is 2. The number of para-hydroxylation sites is 2. The molecule has 10 heteroatoms. The van der Waals surface area contributed by atoms with Gasteiger partial charge in [0.05, 0.1) is 22.7 Å². The second-order valence-electron chi connectivity index (χ2n) is 8.53. The van der Waals surface area contributed by atoms with E-state index in [-0.39, 0.29) is 23.5 Å². The highest BCUT2D eigenvalue weighted by Gasteiger charge is 2.42. The predicted octanol–water partition coefficient (Wildman–Crippen LogP) is 3.82. The fraction of sp³-hybridized carbons (Fsp3) is 0.222.